The standard InChI is InChI=1S/C11H14O2.C4H8O2/c1-3-9-7-5-6-8-10(9)11(12)13-4-2;1-3-6-4(2)5/h5-8H,3-4H2,1-2H3;3H2,1-2H3. The number of hydrogen-bond acceptors (Lipinski definition) is 4. The van der Waals surface area contributed by atoms with Gasteiger partial charge in [0.05, 0.1) is 18.8 Å². The van der Waals surface area contributed by atoms with Crippen LogP contribution in [-0.4, -0.2) is 25.2 Å². The van der Waals surface area contributed by atoms with E-state index in [2.05, 4.69) is 4.74 Å². The van der Waals surface area contributed by atoms with Crippen LogP contribution >= 0.6 is 0 Å². The van der Waals surface area contributed by atoms with E-state index in [0.29, 0.717) is 18.8 Å². The van der Waals surface area contributed by atoms with Crippen LogP contribution in [0.4, 0.5) is 0 Å². The molecule has 0 aliphatic rings. The third kappa shape index (κ3) is 7.24. The van der Waals surface area contributed by atoms with Gasteiger partial charge in [-0.15, -0.1) is 0 Å². The molecule has 19 heavy (non-hydrogen) atoms. The molecule has 1 aromatic carbocycles. The highest BCUT2D eigenvalue weighted by atomic mass is 16.5. The minimum Gasteiger partial charge on any atom is -0.466 e. The van der Waals surface area contributed by atoms with Crippen molar-refractivity contribution in [2.45, 2.75) is 34.1 Å². The molecule has 0 heterocycles. The van der Waals surface area contributed by atoms with E-state index >= 15 is 0 Å². The Labute approximate surface area is 114 Å². The van der Waals surface area contributed by atoms with Gasteiger partial charge in [-0.1, -0.05) is 25.1 Å². The molecule has 0 atom stereocenters. The summed E-state index contributed by atoms with van der Waals surface area (Å²) in [5.74, 6) is -0.433. The fourth-order valence-corrected chi connectivity index (χ4v) is 1.44. The highest BCUT2D eigenvalue weighted by Crippen LogP contribution is 2.10. The molecule has 0 unspecified atom stereocenters. The number of ether oxygens (including phenoxy) is 2. The van der Waals surface area contributed by atoms with Crippen molar-refractivity contribution in [2.24, 2.45) is 0 Å². The predicted molar refractivity (Wildman–Crippen MR) is 74.1 cm³/mol. The molecule has 0 saturated heterocycles. The maximum atomic E-state index is 11.4. The molecule has 1 aromatic rings. The number of esters is 2. The monoisotopic (exact) mass is 266 g/mol. The molecular formula is C15H22O4. The summed E-state index contributed by atoms with van der Waals surface area (Å²) in [7, 11) is 0. The molecule has 0 aliphatic heterocycles. The lowest BCUT2D eigenvalue weighted by Gasteiger charge is -2.05. The Balaban J connectivity index is 0.000000459. The second-order valence-electron chi connectivity index (χ2n) is 3.66. The van der Waals surface area contributed by atoms with Crippen molar-refractivity contribution in [1.29, 1.82) is 0 Å². The summed E-state index contributed by atoms with van der Waals surface area (Å²) < 4.78 is 9.33. The second kappa shape index (κ2) is 10.1. The van der Waals surface area contributed by atoms with Gasteiger partial charge in [0.15, 0.2) is 0 Å². The number of carbonyl (C=O) groups excluding carboxylic acids is 2. The molecule has 0 N–H and O–H groups in total. The molecule has 0 saturated carbocycles. The van der Waals surface area contributed by atoms with Gasteiger partial charge in [0.2, 0.25) is 0 Å². The first kappa shape index (κ1) is 17.2. The molecule has 0 aliphatic carbocycles. The van der Waals surface area contributed by atoms with Gasteiger partial charge >= 0.3 is 11.9 Å². The highest BCUT2D eigenvalue weighted by molar-refractivity contribution is 5.91. The lowest BCUT2D eigenvalue weighted by molar-refractivity contribution is -0.140. The first-order chi connectivity index (χ1) is 9.06. The van der Waals surface area contributed by atoms with Crippen LogP contribution in [0.3, 0.4) is 0 Å². The zero-order valence-corrected chi connectivity index (χ0v) is 12.1. The molecule has 0 aromatic heterocycles. The van der Waals surface area contributed by atoms with Crippen LogP contribution in [-0.2, 0) is 20.7 Å². The smallest absolute Gasteiger partial charge is 0.338 e. The molecule has 4 nitrogen and oxygen atoms in total. The molecule has 0 amide bonds. The minimum absolute atomic E-state index is 0.211. The van der Waals surface area contributed by atoms with E-state index in [4.69, 9.17) is 4.74 Å². The Bertz CT molecular complexity index is 399. The van der Waals surface area contributed by atoms with Crippen LogP contribution in [0.15, 0.2) is 24.3 Å². The van der Waals surface area contributed by atoms with E-state index in [9.17, 15) is 9.59 Å². The number of hydrogen-bond donors (Lipinski definition) is 0. The van der Waals surface area contributed by atoms with Crippen LogP contribution in [0, 0.1) is 0 Å². The average molecular weight is 266 g/mol. The van der Waals surface area contributed by atoms with Gasteiger partial charge in [0.1, 0.15) is 0 Å². The Morgan fingerprint density at radius 2 is 1.58 bits per heavy atom. The summed E-state index contributed by atoms with van der Waals surface area (Å²) in [5, 5.41) is 0. The average Bonchev–Trinajstić information content (AvgIpc) is 2.39. The van der Waals surface area contributed by atoms with Crippen molar-refractivity contribution in [3.8, 4) is 0 Å². The summed E-state index contributed by atoms with van der Waals surface area (Å²) in [6, 6.07) is 7.54. The molecule has 0 bridgehead atoms. The van der Waals surface area contributed by atoms with E-state index in [1.165, 1.54) is 6.92 Å². The lowest BCUT2D eigenvalue weighted by atomic mass is 10.1. The van der Waals surface area contributed by atoms with Crippen molar-refractivity contribution < 1.29 is 19.1 Å². The van der Waals surface area contributed by atoms with Gasteiger partial charge in [-0.3, -0.25) is 4.79 Å². The molecule has 1 rings (SSSR count). The Kier molecular flexibility index (Phi) is 9.14. The van der Waals surface area contributed by atoms with Gasteiger partial charge in [0, 0.05) is 6.92 Å². The number of carbonyl (C=O) groups is 2. The maximum absolute atomic E-state index is 11.4. The van der Waals surface area contributed by atoms with Crippen molar-refractivity contribution in [2.75, 3.05) is 13.2 Å². The maximum Gasteiger partial charge on any atom is 0.338 e. The van der Waals surface area contributed by atoms with E-state index in [1.54, 1.807) is 13.0 Å². The zero-order valence-electron chi connectivity index (χ0n) is 12.1. The highest BCUT2D eigenvalue weighted by Gasteiger charge is 2.09. The van der Waals surface area contributed by atoms with Crippen molar-refractivity contribution >= 4 is 11.9 Å². The summed E-state index contributed by atoms with van der Waals surface area (Å²) in [4.78, 5) is 21.2. The molecule has 0 spiro atoms. The quantitative estimate of drug-likeness (QED) is 0.786. The van der Waals surface area contributed by atoms with E-state index < -0.39 is 0 Å². The number of aryl methyl sites for hydroxylation is 1. The second-order valence-corrected chi connectivity index (χ2v) is 3.66. The lowest BCUT2D eigenvalue weighted by Crippen LogP contribution is -2.07. The van der Waals surface area contributed by atoms with Gasteiger partial charge < -0.3 is 9.47 Å². The third-order valence-corrected chi connectivity index (χ3v) is 2.24. The summed E-state index contributed by atoms with van der Waals surface area (Å²) in [6.07, 6.45) is 0.856. The SMILES string of the molecule is CCOC(=O)c1ccccc1CC.CCOC(C)=O. The van der Waals surface area contributed by atoms with E-state index in [1.807, 2.05) is 32.0 Å². The Morgan fingerprint density at radius 3 is 2.00 bits per heavy atom. The summed E-state index contributed by atoms with van der Waals surface area (Å²) in [5.41, 5.74) is 1.73. The van der Waals surface area contributed by atoms with Gasteiger partial charge in [-0.25, -0.2) is 4.79 Å². The first-order valence-corrected chi connectivity index (χ1v) is 6.45. The van der Waals surface area contributed by atoms with Crippen LogP contribution in [0.25, 0.3) is 0 Å². The van der Waals surface area contributed by atoms with E-state index in [0.717, 1.165) is 12.0 Å². The largest absolute Gasteiger partial charge is 0.466 e. The summed E-state index contributed by atoms with van der Waals surface area (Å²) >= 11 is 0. The van der Waals surface area contributed by atoms with E-state index in [-0.39, 0.29) is 11.9 Å². The Morgan fingerprint density at radius 1 is 1.00 bits per heavy atom. The fraction of sp³-hybridized carbons (Fsp3) is 0.467. The minimum atomic E-state index is -0.222. The van der Waals surface area contributed by atoms with Crippen molar-refractivity contribution in [3.63, 3.8) is 0 Å². The molecule has 106 valence electrons. The number of benzene rings is 1. The van der Waals surface area contributed by atoms with Crippen LogP contribution in [0.2, 0.25) is 0 Å². The van der Waals surface area contributed by atoms with Gasteiger partial charge in [-0.2, -0.15) is 0 Å². The van der Waals surface area contributed by atoms with Crippen molar-refractivity contribution in [3.05, 3.63) is 35.4 Å². The van der Waals surface area contributed by atoms with Gasteiger partial charge in [0.25, 0.3) is 0 Å². The topological polar surface area (TPSA) is 52.6 Å². The van der Waals surface area contributed by atoms with Crippen LogP contribution < -0.4 is 0 Å². The Hall–Kier alpha value is -1.84. The van der Waals surface area contributed by atoms with Crippen LogP contribution in [0.1, 0.15) is 43.6 Å². The van der Waals surface area contributed by atoms with Crippen molar-refractivity contribution in [1.82, 2.24) is 0 Å². The fourth-order valence-electron chi connectivity index (χ4n) is 1.44. The number of rotatable bonds is 4. The normalized spacial score (nSPS) is 9.05. The van der Waals surface area contributed by atoms with Crippen LogP contribution in [0.5, 0.6) is 0 Å². The molecule has 0 fully saturated rings. The third-order valence-electron chi connectivity index (χ3n) is 2.24. The molecule has 4 heteroatoms. The molecular weight excluding hydrogens is 244 g/mol. The zero-order chi connectivity index (χ0) is 14.7. The van der Waals surface area contributed by atoms with Gasteiger partial charge in [-0.05, 0) is 31.9 Å². The molecule has 0 radical (unpaired) electrons. The summed E-state index contributed by atoms with van der Waals surface area (Å²) in [6.45, 7) is 7.92. The first-order valence-electron chi connectivity index (χ1n) is 6.45. The predicted octanol–water partition coefficient (Wildman–Crippen LogP) is 3.00.